The van der Waals surface area contributed by atoms with Gasteiger partial charge in [-0.2, -0.15) is 13.2 Å². The van der Waals surface area contributed by atoms with Crippen LogP contribution in [-0.2, 0) is 24.0 Å². The van der Waals surface area contributed by atoms with E-state index in [2.05, 4.69) is 27.8 Å². The highest BCUT2D eigenvalue weighted by atomic mass is 19.4. The highest BCUT2D eigenvalue weighted by Crippen LogP contribution is 2.34. The van der Waals surface area contributed by atoms with Gasteiger partial charge in [-0.3, -0.25) is 24.0 Å². The van der Waals surface area contributed by atoms with Crippen molar-refractivity contribution >= 4 is 35.3 Å². The van der Waals surface area contributed by atoms with Crippen LogP contribution < -0.4 is 21.3 Å². The van der Waals surface area contributed by atoms with Crippen molar-refractivity contribution in [3.63, 3.8) is 0 Å². The molecule has 0 bridgehead atoms. The molecule has 11 nitrogen and oxygen atoms in total. The van der Waals surface area contributed by atoms with Crippen molar-refractivity contribution in [1.29, 1.82) is 0 Å². The number of hydrogen-bond donors (Lipinski definition) is 4. The Hall–Kier alpha value is -3.45. The van der Waals surface area contributed by atoms with Gasteiger partial charge in [0.1, 0.15) is 12.1 Å². The van der Waals surface area contributed by atoms with Gasteiger partial charge in [0.2, 0.25) is 17.6 Å². The van der Waals surface area contributed by atoms with Crippen molar-refractivity contribution in [3.8, 4) is 0 Å². The van der Waals surface area contributed by atoms with Gasteiger partial charge in [-0.15, -0.1) is 6.58 Å². The Morgan fingerprint density at radius 2 is 1.54 bits per heavy atom. The average molecular weight is 658 g/mol. The molecule has 4 N–H and O–H groups in total. The second-order valence-corrected chi connectivity index (χ2v) is 14.1. The number of hydrogen-bond acceptors (Lipinski definition) is 6. The number of urea groups is 1. The van der Waals surface area contributed by atoms with E-state index in [0.717, 1.165) is 12.8 Å². The molecule has 1 heterocycles. The summed E-state index contributed by atoms with van der Waals surface area (Å²) >= 11 is 0. The van der Waals surface area contributed by atoms with Gasteiger partial charge < -0.3 is 26.2 Å². The summed E-state index contributed by atoms with van der Waals surface area (Å²) in [6.07, 6.45) is -3.73. The molecular weight excluding hydrogens is 607 g/mol. The van der Waals surface area contributed by atoms with Crippen LogP contribution in [0.4, 0.5) is 18.0 Å². The van der Waals surface area contributed by atoms with E-state index in [9.17, 15) is 41.9 Å². The molecule has 0 aromatic carbocycles. The molecule has 2 unspecified atom stereocenters. The third kappa shape index (κ3) is 10.8. The third-order valence-corrected chi connectivity index (χ3v) is 8.46. The lowest BCUT2D eigenvalue weighted by atomic mass is 9.84. The van der Waals surface area contributed by atoms with Crippen molar-refractivity contribution in [1.82, 2.24) is 26.2 Å². The van der Waals surface area contributed by atoms with E-state index in [1.54, 1.807) is 20.8 Å². The molecule has 2 fully saturated rings. The number of carbonyl (C=O) groups excluding carboxylic acids is 6. The fourth-order valence-electron chi connectivity index (χ4n) is 5.66. The topological polar surface area (TPSA) is 154 Å². The van der Waals surface area contributed by atoms with Crippen LogP contribution in [0.25, 0.3) is 0 Å². The molecule has 1 saturated heterocycles. The number of nitrogens with one attached hydrogen (secondary N) is 4. The van der Waals surface area contributed by atoms with Crippen LogP contribution in [0.15, 0.2) is 12.7 Å². The van der Waals surface area contributed by atoms with E-state index in [4.69, 9.17) is 0 Å². The summed E-state index contributed by atoms with van der Waals surface area (Å²) in [6, 6.07) is -5.58. The molecule has 2 rings (SSSR count). The van der Waals surface area contributed by atoms with Crippen molar-refractivity contribution in [2.45, 2.75) is 111 Å². The molecule has 5 amide bonds. The Morgan fingerprint density at radius 1 is 0.935 bits per heavy atom. The Bertz CT molecular complexity index is 1160. The summed E-state index contributed by atoms with van der Waals surface area (Å²) in [5.41, 5.74) is -0.854. The number of ketones is 2. The van der Waals surface area contributed by atoms with Gasteiger partial charge in [-0.05, 0) is 48.9 Å². The first-order chi connectivity index (χ1) is 21.2. The number of alkyl halides is 3. The van der Waals surface area contributed by atoms with Gasteiger partial charge in [0.15, 0.2) is 5.78 Å². The first kappa shape index (κ1) is 38.7. The first-order valence-corrected chi connectivity index (χ1v) is 15.9. The van der Waals surface area contributed by atoms with Crippen LogP contribution in [0.3, 0.4) is 0 Å². The first-order valence-electron chi connectivity index (χ1n) is 15.9. The van der Waals surface area contributed by atoms with Gasteiger partial charge in [0.25, 0.3) is 5.91 Å². The summed E-state index contributed by atoms with van der Waals surface area (Å²) < 4.78 is 39.4. The van der Waals surface area contributed by atoms with Gasteiger partial charge in [0, 0.05) is 25.4 Å². The molecule has 1 aliphatic heterocycles. The van der Waals surface area contributed by atoms with E-state index in [0.29, 0.717) is 6.42 Å². The van der Waals surface area contributed by atoms with Crippen LogP contribution in [0.1, 0.15) is 80.6 Å². The number of rotatable bonds is 15. The highest BCUT2D eigenvalue weighted by molar-refractivity contribution is 6.38. The Labute approximate surface area is 269 Å². The minimum Gasteiger partial charge on any atom is -0.346 e. The second kappa shape index (κ2) is 15.9. The highest BCUT2D eigenvalue weighted by Gasteiger charge is 2.48. The number of carbonyl (C=O) groups is 6. The lowest BCUT2D eigenvalue weighted by Crippen LogP contribution is -2.62. The summed E-state index contributed by atoms with van der Waals surface area (Å²) in [4.78, 5) is 80.4. The quantitative estimate of drug-likeness (QED) is 0.157. The monoisotopic (exact) mass is 657 g/mol. The second-order valence-electron chi connectivity index (χ2n) is 14.1. The van der Waals surface area contributed by atoms with E-state index < -0.39 is 84.1 Å². The largest absolute Gasteiger partial charge is 0.389 e. The zero-order valence-electron chi connectivity index (χ0n) is 27.9. The molecule has 1 saturated carbocycles. The molecule has 14 heteroatoms. The van der Waals surface area contributed by atoms with Crippen molar-refractivity contribution < 1.29 is 41.9 Å². The zero-order valence-corrected chi connectivity index (χ0v) is 27.9. The van der Waals surface area contributed by atoms with Crippen LogP contribution in [-0.4, -0.2) is 83.7 Å². The Morgan fingerprint density at radius 3 is 2.02 bits per heavy atom. The molecule has 5 atom stereocenters. The lowest BCUT2D eigenvalue weighted by Gasteiger charge is -2.37. The van der Waals surface area contributed by atoms with Gasteiger partial charge in [-0.1, -0.05) is 54.5 Å². The predicted molar refractivity (Wildman–Crippen MR) is 165 cm³/mol. The smallest absolute Gasteiger partial charge is 0.346 e. The minimum atomic E-state index is -4.65. The number of amides is 5. The fraction of sp³-hybridized carbons (Fsp3) is 0.750. The SMILES string of the molecule is C=CCNC(=O)C(=O)C(CCC(F)(F)F)NC(=O)[C@@H]1C(C(C)C)CCN1C(=O)[C@@H](NC(=O)N[C@H](C(=O)C1CC1)C(C)C)C(C)(C)C. The molecular formula is C32H50F3N5O6. The van der Waals surface area contributed by atoms with Crippen LogP contribution in [0.2, 0.25) is 0 Å². The maximum absolute atomic E-state index is 14.1. The van der Waals surface area contributed by atoms with E-state index in [1.807, 2.05) is 27.7 Å². The van der Waals surface area contributed by atoms with Crippen LogP contribution >= 0.6 is 0 Å². The Balaban J connectivity index is 2.34. The number of halogens is 3. The standard InChI is InChI=1S/C32H50F3N5O6/c1-9-15-36-28(44)25(42)21(12-14-32(33,34)35)37-27(43)23-20(17(2)3)13-16-40(23)29(45)26(31(6,7)8)39-30(46)38-22(18(4)5)24(41)19-10-11-19/h9,17-23,26H,1,10-16H2,2-8H3,(H,36,44)(H,37,43)(H2,38,39,46)/t20?,21?,22-,23-,26+/m0/s1. The molecule has 0 radical (unpaired) electrons. The molecule has 2 aliphatic rings. The predicted octanol–water partition coefficient (Wildman–Crippen LogP) is 3.28. The van der Waals surface area contributed by atoms with Gasteiger partial charge in [0.05, 0.1) is 12.1 Å². The summed E-state index contributed by atoms with van der Waals surface area (Å²) in [6.45, 7) is 15.9. The van der Waals surface area contributed by atoms with Crippen LogP contribution in [0, 0.1) is 29.1 Å². The molecule has 0 aromatic heterocycles. The van der Waals surface area contributed by atoms with Crippen LogP contribution in [0.5, 0.6) is 0 Å². The maximum Gasteiger partial charge on any atom is 0.389 e. The fourth-order valence-corrected chi connectivity index (χ4v) is 5.66. The third-order valence-electron chi connectivity index (χ3n) is 8.46. The Kier molecular flexibility index (Phi) is 13.4. The number of Topliss-reactive ketones (excluding diaryl/α,β-unsaturated/α-hetero) is 2. The normalized spacial score (nSPS) is 20.5. The number of nitrogens with zero attached hydrogens (tertiary/aromatic N) is 1. The zero-order chi connectivity index (χ0) is 35.1. The van der Waals surface area contributed by atoms with Gasteiger partial charge in [-0.25, -0.2) is 4.79 Å². The summed E-state index contributed by atoms with van der Waals surface area (Å²) in [5.74, 6) is -4.79. The number of likely N-dealkylation sites (tertiary alicyclic amines) is 1. The van der Waals surface area contributed by atoms with Crippen molar-refractivity contribution in [2.75, 3.05) is 13.1 Å². The van der Waals surface area contributed by atoms with E-state index in [-0.39, 0.29) is 36.6 Å². The summed E-state index contributed by atoms with van der Waals surface area (Å²) in [7, 11) is 0. The van der Waals surface area contributed by atoms with Crippen molar-refractivity contribution in [2.24, 2.45) is 29.1 Å². The molecule has 0 aromatic rings. The molecule has 1 aliphatic carbocycles. The summed E-state index contributed by atoms with van der Waals surface area (Å²) in [5, 5.41) is 9.98. The molecule has 46 heavy (non-hydrogen) atoms. The average Bonchev–Trinajstić information content (AvgIpc) is 3.70. The molecule has 260 valence electrons. The van der Waals surface area contributed by atoms with E-state index in [1.165, 1.54) is 11.0 Å². The maximum atomic E-state index is 14.1. The lowest BCUT2D eigenvalue weighted by molar-refractivity contribution is -0.147. The minimum absolute atomic E-state index is 0.0624. The van der Waals surface area contributed by atoms with Gasteiger partial charge >= 0.3 is 12.2 Å². The van der Waals surface area contributed by atoms with E-state index >= 15 is 0 Å². The molecule has 0 spiro atoms. The van der Waals surface area contributed by atoms with Crippen molar-refractivity contribution in [3.05, 3.63) is 12.7 Å².